The van der Waals surface area contributed by atoms with Crippen molar-refractivity contribution in [3.63, 3.8) is 0 Å². The first-order valence-corrected chi connectivity index (χ1v) is 3.80. The molecule has 0 spiro atoms. The maximum absolute atomic E-state index is 7.24. The summed E-state index contributed by atoms with van der Waals surface area (Å²) in [4.78, 5) is 0. The maximum atomic E-state index is 7.24. The lowest BCUT2D eigenvalue weighted by molar-refractivity contribution is 1.15. The van der Waals surface area contributed by atoms with Crippen LogP contribution in [0, 0.1) is 0 Å². The van der Waals surface area contributed by atoms with Gasteiger partial charge in [0.2, 0.25) is 0 Å². The van der Waals surface area contributed by atoms with Crippen LogP contribution in [0.25, 0.3) is 0 Å². The van der Waals surface area contributed by atoms with Gasteiger partial charge in [-0.3, -0.25) is 0 Å². The summed E-state index contributed by atoms with van der Waals surface area (Å²) in [5, 5.41) is 0. The Balaban J connectivity index is 4.59. The number of nitrogens with two attached hydrogens (primary N) is 2. The first-order valence-electron chi connectivity index (χ1n) is 5.65. The molecule has 0 aromatic rings. The molecule has 0 saturated carbocycles. The topological polar surface area (TPSA) is 52.0 Å². The fraction of sp³-hybridized carbons (Fsp3) is 1.00. The molecule has 4 heteroatoms. The summed E-state index contributed by atoms with van der Waals surface area (Å²) < 4.78 is 56.9. The fourth-order valence-electron chi connectivity index (χ4n) is 0.0898. The van der Waals surface area contributed by atoms with E-state index in [9.17, 15) is 0 Å². The SMILES string of the molecule is [2H]C([2H])(N)C([2H])([2H])SSC([2H])([2H])C([2H])([2H])N. The van der Waals surface area contributed by atoms with Crippen LogP contribution in [0.4, 0.5) is 0 Å². The standard InChI is InChI=1S/C4H12N2S2/c5-1-3-7-8-4-2-6/h1-6H2/i1D2,2D2,3D2,4D2. The van der Waals surface area contributed by atoms with Crippen molar-refractivity contribution in [2.24, 2.45) is 11.5 Å². The van der Waals surface area contributed by atoms with Crippen molar-refractivity contribution >= 4 is 21.6 Å². The van der Waals surface area contributed by atoms with Crippen molar-refractivity contribution in [2.45, 2.75) is 0 Å². The highest BCUT2D eigenvalue weighted by Gasteiger charge is 1.84. The van der Waals surface area contributed by atoms with Crippen LogP contribution in [0.5, 0.6) is 0 Å². The van der Waals surface area contributed by atoms with Gasteiger partial charge in [-0.2, -0.15) is 0 Å². The van der Waals surface area contributed by atoms with Gasteiger partial charge in [0, 0.05) is 35.4 Å². The van der Waals surface area contributed by atoms with E-state index >= 15 is 0 Å². The highest BCUT2D eigenvalue weighted by atomic mass is 33.1. The zero-order valence-corrected chi connectivity index (χ0v) is 5.60. The Kier molecular flexibility index (Phi) is 1.95. The van der Waals surface area contributed by atoms with Crippen LogP contribution in [0.15, 0.2) is 0 Å². The van der Waals surface area contributed by atoms with Gasteiger partial charge in [0.15, 0.2) is 0 Å². The molecule has 0 aromatic heterocycles. The molecule has 0 aliphatic rings. The van der Waals surface area contributed by atoms with Gasteiger partial charge in [-0.1, -0.05) is 21.6 Å². The molecule has 0 saturated heterocycles. The summed E-state index contributed by atoms with van der Waals surface area (Å²) in [5.74, 6) is 0. The second-order valence-corrected chi connectivity index (χ2v) is 2.40. The molecular formula is C4H12N2S2. The molecule has 2 nitrogen and oxygen atoms in total. The van der Waals surface area contributed by atoms with E-state index in [1.165, 1.54) is 0 Å². The maximum Gasteiger partial charge on any atom is 0.0434 e. The van der Waals surface area contributed by atoms with Crippen LogP contribution >= 0.6 is 21.6 Å². The average Bonchev–Trinajstić information content (AvgIpc) is 1.97. The van der Waals surface area contributed by atoms with Crippen LogP contribution in [0.2, 0.25) is 0 Å². The molecule has 0 atom stereocenters. The second kappa shape index (κ2) is 7.62. The van der Waals surface area contributed by atoms with Gasteiger partial charge >= 0.3 is 0 Å². The third kappa shape index (κ3) is 6.62. The van der Waals surface area contributed by atoms with E-state index in [0.717, 1.165) is 0 Å². The molecule has 0 radical (unpaired) electrons. The first-order chi connectivity index (χ1) is 6.71. The minimum atomic E-state index is -2.66. The van der Waals surface area contributed by atoms with Gasteiger partial charge in [-0.05, 0) is 0 Å². The van der Waals surface area contributed by atoms with Crippen molar-refractivity contribution in [1.82, 2.24) is 0 Å². The van der Waals surface area contributed by atoms with Crippen LogP contribution in [0.1, 0.15) is 11.0 Å². The molecule has 0 unspecified atom stereocenters. The van der Waals surface area contributed by atoms with E-state index in [0.29, 0.717) is 0 Å². The van der Waals surface area contributed by atoms with E-state index in [-0.39, 0.29) is 21.6 Å². The zero-order chi connectivity index (χ0) is 13.4. The Morgan fingerprint density at radius 2 is 1.50 bits per heavy atom. The number of hydrogen-bond acceptors (Lipinski definition) is 4. The summed E-state index contributed by atoms with van der Waals surface area (Å²) in [7, 11) is 0.349. The predicted octanol–water partition coefficient (Wildman–Crippen LogP) is 0.285. The summed E-state index contributed by atoms with van der Waals surface area (Å²) in [6.07, 6.45) is 0. The van der Waals surface area contributed by atoms with E-state index in [4.69, 9.17) is 22.4 Å². The lowest BCUT2D eigenvalue weighted by Crippen LogP contribution is -2.02. The van der Waals surface area contributed by atoms with Crippen LogP contribution in [0.3, 0.4) is 0 Å². The highest BCUT2D eigenvalue weighted by Crippen LogP contribution is 2.18. The third-order valence-electron chi connectivity index (χ3n) is 0.243. The molecule has 0 heterocycles. The fourth-order valence-corrected chi connectivity index (χ4v) is 0.808. The smallest absolute Gasteiger partial charge is 0.0434 e. The molecule has 8 heavy (non-hydrogen) atoms. The molecule has 0 aromatic carbocycles. The Labute approximate surface area is 69.4 Å². The highest BCUT2D eigenvalue weighted by molar-refractivity contribution is 8.76. The molecule has 50 valence electrons. The molecule has 0 amide bonds. The van der Waals surface area contributed by atoms with Gasteiger partial charge in [0.05, 0.1) is 0 Å². The number of rotatable bonds is 5. The Morgan fingerprint density at radius 3 is 1.75 bits per heavy atom. The monoisotopic (exact) mass is 160 g/mol. The summed E-state index contributed by atoms with van der Waals surface area (Å²) in [6.45, 7) is -5.33. The molecule has 0 fully saturated rings. The summed E-state index contributed by atoms with van der Waals surface area (Å²) >= 11 is 0. The molecule has 0 aliphatic heterocycles. The molecule has 0 aliphatic carbocycles. The van der Waals surface area contributed by atoms with Crippen molar-refractivity contribution in [1.29, 1.82) is 0 Å². The van der Waals surface area contributed by atoms with Crippen LogP contribution < -0.4 is 11.5 Å². The molecule has 4 N–H and O–H groups in total. The minimum absolute atomic E-state index is 0.174. The van der Waals surface area contributed by atoms with Crippen molar-refractivity contribution in [2.75, 3.05) is 24.4 Å². The molecule has 0 bridgehead atoms. The summed E-state index contributed by atoms with van der Waals surface area (Å²) in [5.41, 5.74) is 4.74. The number of hydrogen-bond donors (Lipinski definition) is 2. The Hall–Kier alpha value is 0.620. The van der Waals surface area contributed by atoms with Gasteiger partial charge < -0.3 is 11.5 Å². The van der Waals surface area contributed by atoms with E-state index in [2.05, 4.69) is 0 Å². The summed E-state index contributed by atoms with van der Waals surface area (Å²) in [6, 6.07) is 0. The lowest BCUT2D eigenvalue weighted by atomic mass is 10.8. The molecular weight excluding hydrogens is 140 g/mol. The van der Waals surface area contributed by atoms with E-state index in [1.54, 1.807) is 0 Å². The van der Waals surface area contributed by atoms with E-state index in [1.807, 2.05) is 0 Å². The average molecular weight is 160 g/mol. The van der Waals surface area contributed by atoms with Gasteiger partial charge in [0.25, 0.3) is 0 Å². The van der Waals surface area contributed by atoms with Gasteiger partial charge in [-0.25, -0.2) is 0 Å². The minimum Gasteiger partial charge on any atom is -0.330 e. The zero-order valence-electron chi connectivity index (χ0n) is 12.0. The van der Waals surface area contributed by atoms with Crippen molar-refractivity contribution in [3.05, 3.63) is 0 Å². The third-order valence-corrected chi connectivity index (χ3v) is 1.48. The second-order valence-electron chi connectivity index (χ2n) is 0.659. The van der Waals surface area contributed by atoms with Crippen molar-refractivity contribution in [3.8, 4) is 0 Å². The van der Waals surface area contributed by atoms with Crippen LogP contribution in [-0.2, 0) is 0 Å². The van der Waals surface area contributed by atoms with Gasteiger partial charge in [0.1, 0.15) is 0 Å². The first kappa shape index (κ1) is 2.05. The normalized spacial score (nSPS) is 31.8. The van der Waals surface area contributed by atoms with Crippen molar-refractivity contribution < 1.29 is 11.0 Å². The largest absolute Gasteiger partial charge is 0.330 e. The predicted molar refractivity (Wildman–Crippen MR) is 43.0 cm³/mol. The van der Waals surface area contributed by atoms with Gasteiger partial charge in [-0.15, -0.1) is 0 Å². The molecule has 0 rings (SSSR count). The van der Waals surface area contributed by atoms with E-state index < -0.39 is 24.4 Å². The lowest BCUT2D eigenvalue weighted by Gasteiger charge is -1.93. The van der Waals surface area contributed by atoms with Crippen LogP contribution in [-0.4, -0.2) is 24.4 Å². The Morgan fingerprint density at radius 1 is 1.12 bits per heavy atom. The quantitative estimate of drug-likeness (QED) is 0.567. The Bertz CT molecular complexity index is 219.